The van der Waals surface area contributed by atoms with Gasteiger partial charge in [-0.05, 0) is 85.7 Å². The van der Waals surface area contributed by atoms with Crippen molar-refractivity contribution in [1.82, 2.24) is 10.3 Å². The van der Waals surface area contributed by atoms with E-state index in [1.807, 2.05) is 0 Å². The molecule has 1 saturated carbocycles. The van der Waals surface area contributed by atoms with Gasteiger partial charge < -0.3 is 5.32 Å². The van der Waals surface area contributed by atoms with Crippen LogP contribution in [-0.2, 0) is 31.8 Å². The lowest BCUT2D eigenvalue weighted by Gasteiger charge is -2.41. The molecule has 1 saturated heterocycles. The Morgan fingerprint density at radius 3 is 2.37 bits per heavy atom. The first-order valence-corrected chi connectivity index (χ1v) is 16.8. The molecule has 2 aromatic carbocycles. The summed E-state index contributed by atoms with van der Waals surface area (Å²) >= 11 is 6.04. The van der Waals surface area contributed by atoms with E-state index in [2.05, 4.69) is 10.3 Å². The Morgan fingerprint density at radius 1 is 1.05 bits per heavy atom. The number of rotatable bonds is 6. The zero-order valence-corrected chi connectivity index (χ0v) is 24.1. The number of carbonyl (C=O) groups excluding carboxylic acids is 1. The molecule has 0 radical (unpaired) electrons. The van der Waals surface area contributed by atoms with Crippen molar-refractivity contribution in [1.29, 1.82) is 0 Å². The lowest BCUT2D eigenvalue weighted by atomic mass is 9.70. The summed E-state index contributed by atoms with van der Waals surface area (Å²) in [6.07, 6.45) is 3.03. The molecule has 2 aliphatic heterocycles. The predicted molar refractivity (Wildman–Crippen MR) is 149 cm³/mol. The van der Waals surface area contributed by atoms with Gasteiger partial charge in [0.15, 0.2) is 0 Å². The fourth-order valence-corrected chi connectivity index (χ4v) is 9.73. The lowest BCUT2D eigenvalue weighted by Crippen LogP contribution is -2.52. The van der Waals surface area contributed by atoms with Crippen molar-refractivity contribution < 1.29 is 30.4 Å². The van der Waals surface area contributed by atoms with Gasteiger partial charge in [-0.1, -0.05) is 11.6 Å². The van der Waals surface area contributed by atoms with Crippen LogP contribution in [-0.4, -0.2) is 45.3 Å². The number of anilines is 1. The van der Waals surface area contributed by atoms with Crippen molar-refractivity contribution in [2.24, 2.45) is 5.92 Å². The van der Waals surface area contributed by atoms with E-state index in [1.165, 1.54) is 22.5 Å². The van der Waals surface area contributed by atoms with Crippen LogP contribution in [0.1, 0.15) is 47.3 Å². The van der Waals surface area contributed by atoms with E-state index in [-0.39, 0.29) is 58.0 Å². The molecule has 1 spiro atoms. The van der Waals surface area contributed by atoms with Gasteiger partial charge in [-0.3, -0.25) is 14.1 Å². The van der Waals surface area contributed by atoms with Gasteiger partial charge in [-0.15, -0.1) is 0 Å². The first kappa shape index (κ1) is 28.0. The number of carbonyl (C=O) groups is 1. The van der Waals surface area contributed by atoms with E-state index in [4.69, 9.17) is 11.6 Å². The summed E-state index contributed by atoms with van der Waals surface area (Å²) in [5.74, 6) is -1.81. The van der Waals surface area contributed by atoms with E-state index < -0.39 is 48.9 Å². The molecule has 216 valence electrons. The number of pyridine rings is 1. The van der Waals surface area contributed by atoms with Gasteiger partial charge in [-0.2, -0.15) is 0 Å². The molecular formula is C28H26ClF2N3O5S2. The van der Waals surface area contributed by atoms with Gasteiger partial charge in [-0.25, -0.2) is 25.6 Å². The molecule has 1 aromatic heterocycles. The molecule has 1 atom stereocenters. The summed E-state index contributed by atoms with van der Waals surface area (Å²) in [6, 6.07) is 9.94. The second-order valence-electron chi connectivity index (χ2n) is 10.8. The maximum Gasteiger partial charge on any atom is 0.264 e. The number of sulfone groups is 1. The minimum absolute atomic E-state index is 0.0161. The fourth-order valence-electron chi connectivity index (χ4n) is 6.16. The Kier molecular flexibility index (Phi) is 6.86. The van der Waals surface area contributed by atoms with Crippen molar-refractivity contribution in [3.05, 3.63) is 88.2 Å². The van der Waals surface area contributed by atoms with E-state index in [0.717, 1.165) is 37.2 Å². The molecular weight excluding hydrogens is 596 g/mol. The van der Waals surface area contributed by atoms with Crippen molar-refractivity contribution in [3.63, 3.8) is 0 Å². The second kappa shape index (κ2) is 10.0. The molecule has 1 N–H and O–H groups in total. The zero-order valence-electron chi connectivity index (χ0n) is 21.7. The van der Waals surface area contributed by atoms with E-state index in [0.29, 0.717) is 11.3 Å². The van der Waals surface area contributed by atoms with Crippen molar-refractivity contribution in [2.75, 3.05) is 15.8 Å². The van der Waals surface area contributed by atoms with Crippen LogP contribution < -0.4 is 9.62 Å². The third kappa shape index (κ3) is 4.99. The predicted octanol–water partition coefficient (Wildman–Crippen LogP) is 4.38. The Labute approximate surface area is 241 Å². The summed E-state index contributed by atoms with van der Waals surface area (Å²) in [4.78, 5) is 17.1. The van der Waals surface area contributed by atoms with Gasteiger partial charge in [0.25, 0.3) is 15.9 Å². The number of halogens is 3. The summed E-state index contributed by atoms with van der Waals surface area (Å²) < 4.78 is 81.6. The maximum atomic E-state index is 14.1. The number of fused-ring (bicyclic) bond motifs is 2. The highest BCUT2D eigenvalue weighted by molar-refractivity contribution is 7.93. The standard InChI is InChI=1S/C28H26ClF2N3O5S2/c29-23-14-20(31)15-32-24(23)16-33-27(35)18-3-8-25-22(13-18)28(9-11-40(36,37)12-10-28)26(17-1-2-17)34(25)41(38,39)21-6-4-19(30)5-7-21/h3-8,13-15,17,26H,1-2,9-12,16H2,(H,33,35). The van der Waals surface area contributed by atoms with Crippen molar-refractivity contribution in [2.45, 2.75) is 48.6 Å². The van der Waals surface area contributed by atoms with Crippen LogP contribution >= 0.6 is 11.6 Å². The monoisotopic (exact) mass is 621 g/mol. The summed E-state index contributed by atoms with van der Waals surface area (Å²) in [5.41, 5.74) is 0.727. The highest BCUT2D eigenvalue weighted by atomic mass is 35.5. The maximum absolute atomic E-state index is 14.1. The van der Waals surface area contributed by atoms with Gasteiger partial charge in [0.2, 0.25) is 0 Å². The Hall–Kier alpha value is -3.09. The average Bonchev–Trinajstić information content (AvgIpc) is 3.73. The minimum Gasteiger partial charge on any atom is -0.346 e. The molecule has 1 unspecified atom stereocenters. The van der Waals surface area contributed by atoms with Crippen LogP contribution in [0, 0.1) is 17.6 Å². The van der Waals surface area contributed by atoms with Crippen LogP contribution in [0.3, 0.4) is 0 Å². The summed E-state index contributed by atoms with van der Waals surface area (Å²) in [5, 5.41) is 2.78. The quantitative estimate of drug-likeness (QED) is 0.437. The molecule has 0 bridgehead atoms. The fraction of sp³-hybridized carbons (Fsp3) is 0.357. The molecule has 3 heterocycles. The second-order valence-corrected chi connectivity index (χ2v) is 15.4. The number of aromatic nitrogens is 1. The van der Waals surface area contributed by atoms with E-state index >= 15 is 0 Å². The normalized spacial score (nSPS) is 21.0. The number of nitrogens with one attached hydrogen (secondary N) is 1. The first-order chi connectivity index (χ1) is 19.4. The molecule has 41 heavy (non-hydrogen) atoms. The molecule has 8 nitrogen and oxygen atoms in total. The van der Waals surface area contributed by atoms with Crippen molar-refractivity contribution in [3.8, 4) is 0 Å². The smallest absolute Gasteiger partial charge is 0.264 e. The first-order valence-electron chi connectivity index (χ1n) is 13.1. The highest BCUT2D eigenvalue weighted by Crippen LogP contribution is 2.59. The van der Waals surface area contributed by atoms with E-state index in [9.17, 15) is 30.4 Å². The highest BCUT2D eigenvalue weighted by Gasteiger charge is 2.60. The van der Waals surface area contributed by atoms with Crippen molar-refractivity contribution >= 4 is 43.1 Å². The number of sulfonamides is 1. The molecule has 13 heteroatoms. The third-order valence-electron chi connectivity index (χ3n) is 8.31. The lowest BCUT2D eigenvalue weighted by molar-refractivity contribution is 0.0950. The number of amides is 1. The molecule has 3 aromatic rings. The Morgan fingerprint density at radius 2 is 1.73 bits per heavy atom. The van der Waals surface area contributed by atoms with Gasteiger partial charge in [0.1, 0.15) is 21.5 Å². The van der Waals surface area contributed by atoms with Gasteiger partial charge in [0.05, 0.1) is 51.6 Å². The Bertz CT molecular complexity index is 1750. The van der Waals surface area contributed by atoms with Crippen LogP contribution in [0.4, 0.5) is 14.5 Å². The van der Waals surface area contributed by atoms with Gasteiger partial charge >= 0.3 is 0 Å². The third-order valence-corrected chi connectivity index (χ3v) is 12.1. The summed E-state index contributed by atoms with van der Waals surface area (Å²) in [6.45, 7) is -0.0613. The topological polar surface area (TPSA) is 114 Å². The molecule has 1 amide bonds. The van der Waals surface area contributed by atoms with Crippen LogP contribution in [0.2, 0.25) is 5.02 Å². The van der Waals surface area contributed by atoms with Gasteiger partial charge in [0, 0.05) is 11.0 Å². The number of hydrogen-bond donors (Lipinski definition) is 1. The largest absolute Gasteiger partial charge is 0.346 e. The average molecular weight is 622 g/mol. The Balaban J connectivity index is 1.42. The minimum atomic E-state index is -4.15. The SMILES string of the molecule is O=C(NCc1ncc(F)cc1Cl)c1ccc2c(c1)C1(CCS(=O)(=O)CC1)C(C1CC1)N2S(=O)(=O)c1ccc(F)cc1. The molecule has 3 aliphatic rings. The van der Waals surface area contributed by atoms with Crippen LogP contribution in [0.15, 0.2) is 59.6 Å². The zero-order chi connectivity index (χ0) is 29.2. The molecule has 1 aliphatic carbocycles. The molecule has 6 rings (SSSR count). The summed E-state index contributed by atoms with van der Waals surface area (Å²) in [7, 11) is -7.45. The van der Waals surface area contributed by atoms with E-state index in [1.54, 1.807) is 12.1 Å². The number of hydrogen-bond acceptors (Lipinski definition) is 6. The number of benzene rings is 2. The molecule has 2 fully saturated rings. The van der Waals surface area contributed by atoms with Crippen LogP contribution in [0.25, 0.3) is 0 Å². The number of nitrogens with zero attached hydrogens (tertiary/aromatic N) is 2. The van der Waals surface area contributed by atoms with Crippen LogP contribution in [0.5, 0.6) is 0 Å².